The number of rotatable bonds is 5. The zero-order chi connectivity index (χ0) is 20.7. The Kier molecular flexibility index (Phi) is 5.30. The van der Waals surface area contributed by atoms with Crippen LogP contribution in [0.15, 0.2) is 18.2 Å². The van der Waals surface area contributed by atoms with Crippen molar-refractivity contribution < 1.29 is 14.4 Å². The van der Waals surface area contributed by atoms with Crippen LogP contribution in [-0.2, 0) is 22.7 Å². The van der Waals surface area contributed by atoms with E-state index >= 15 is 0 Å². The van der Waals surface area contributed by atoms with Crippen molar-refractivity contribution >= 4 is 17.7 Å². The van der Waals surface area contributed by atoms with Crippen molar-refractivity contribution in [3.05, 3.63) is 34.9 Å². The third-order valence-corrected chi connectivity index (χ3v) is 7.03. The van der Waals surface area contributed by atoms with Crippen LogP contribution in [0.4, 0.5) is 0 Å². The Bertz CT molecular complexity index is 860. The minimum atomic E-state index is -0.561. The van der Waals surface area contributed by atoms with Crippen LogP contribution in [0.25, 0.3) is 0 Å². The summed E-state index contributed by atoms with van der Waals surface area (Å²) < 4.78 is 0. The van der Waals surface area contributed by atoms with Gasteiger partial charge in [0, 0.05) is 63.3 Å². The van der Waals surface area contributed by atoms with Gasteiger partial charge in [0.25, 0.3) is 5.91 Å². The molecule has 1 aromatic rings. The number of benzene rings is 1. The van der Waals surface area contributed by atoms with E-state index in [4.69, 9.17) is 0 Å². The molecule has 4 heterocycles. The lowest BCUT2D eigenvalue weighted by atomic mass is 9.99. The first-order valence-electron chi connectivity index (χ1n) is 11.0. The molecule has 0 spiro atoms. The van der Waals surface area contributed by atoms with Gasteiger partial charge in [-0.2, -0.15) is 0 Å². The Hall–Kier alpha value is -2.29. The molecular weight excluding hydrogens is 382 g/mol. The van der Waals surface area contributed by atoms with Crippen LogP contribution in [0.5, 0.6) is 0 Å². The molecule has 1 atom stereocenters. The number of nitrogens with one attached hydrogen (secondary N) is 3. The molecule has 0 aromatic heterocycles. The molecular formula is C22H29N5O3. The molecule has 8 heteroatoms. The van der Waals surface area contributed by atoms with Crippen molar-refractivity contribution in [1.82, 2.24) is 25.8 Å². The Balaban J connectivity index is 1.22. The van der Waals surface area contributed by atoms with E-state index < -0.39 is 6.04 Å². The predicted molar refractivity (Wildman–Crippen MR) is 111 cm³/mol. The van der Waals surface area contributed by atoms with E-state index in [1.807, 2.05) is 18.2 Å². The third-order valence-electron chi connectivity index (χ3n) is 7.03. The highest BCUT2D eigenvalue weighted by atomic mass is 16.2. The number of fused-ring (bicyclic) bond motifs is 1. The number of amides is 3. The van der Waals surface area contributed by atoms with E-state index in [-0.39, 0.29) is 24.1 Å². The number of likely N-dealkylation sites (tertiary alicyclic amines) is 1. The summed E-state index contributed by atoms with van der Waals surface area (Å²) in [4.78, 5) is 41.1. The van der Waals surface area contributed by atoms with Gasteiger partial charge < -0.3 is 15.5 Å². The first kappa shape index (κ1) is 19.7. The van der Waals surface area contributed by atoms with Crippen molar-refractivity contribution in [3.8, 4) is 0 Å². The predicted octanol–water partition coefficient (Wildman–Crippen LogP) is -0.0266. The number of nitrogens with zero attached hydrogens (tertiary/aromatic N) is 2. The number of carbonyl (C=O) groups is 3. The zero-order valence-electron chi connectivity index (χ0n) is 17.2. The average Bonchev–Trinajstić information content (AvgIpc) is 3.03. The van der Waals surface area contributed by atoms with Crippen molar-refractivity contribution in [2.45, 2.75) is 56.9 Å². The van der Waals surface area contributed by atoms with Crippen LogP contribution in [0, 0.1) is 0 Å². The second-order valence-electron chi connectivity index (χ2n) is 8.85. The molecule has 4 aliphatic rings. The van der Waals surface area contributed by atoms with Gasteiger partial charge in [-0.1, -0.05) is 18.2 Å². The molecule has 5 rings (SSSR count). The summed E-state index contributed by atoms with van der Waals surface area (Å²) in [5.41, 5.74) is 2.70. The fraction of sp³-hybridized carbons (Fsp3) is 0.591. The monoisotopic (exact) mass is 411 g/mol. The number of hydrogen-bond donors (Lipinski definition) is 3. The maximum atomic E-state index is 13.2. The van der Waals surface area contributed by atoms with Crippen LogP contribution >= 0.6 is 0 Å². The SMILES string of the molecule is O=C1CCC(N2Cc3cccc(CNC4CCN(C5CNC5)CC4)c3C2=O)C(=O)N1. The first-order valence-corrected chi connectivity index (χ1v) is 11.0. The number of carbonyl (C=O) groups excluding carboxylic acids is 3. The second kappa shape index (κ2) is 8.09. The highest BCUT2D eigenvalue weighted by Crippen LogP contribution is 2.30. The lowest BCUT2D eigenvalue weighted by Gasteiger charge is -2.42. The summed E-state index contributed by atoms with van der Waals surface area (Å²) in [6.45, 7) is 5.56. The highest BCUT2D eigenvalue weighted by Gasteiger charge is 2.40. The van der Waals surface area contributed by atoms with Crippen LogP contribution in [0.2, 0.25) is 0 Å². The second-order valence-corrected chi connectivity index (χ2v) is 8.85. The zero-order valence-corrected chi connectivity index (χ0v) is 17.2. The molecule has 0 aliphatic carbocycles. The minimum absolute atomic E-state index is 0.0933. The quantitative estimate of drug-likeness (QED) is 0.590. The number of hydrogen-bond acceptors (Lipinski definition) is 6. The van der Waals surface area contributed by atoms with Gasteiger partial charge in [-0.3, -0.25) is 24.6 Å². The normalized spacial score (nSPS) is 25.9. The summed E-state index contributed by atoms with van der Waals surface area (Å²) in [5.74, 6) is -0.713. The van der Waals surface area contributed by atoms with E-state index in [2.05, 4.69) is 20.9 Å². The lowest BCUT2D eigenvalue weighted by Crippen LogP contribution is -2.59. The third kappa shape index (κ3) is 3.64. The Morgan fingerprint density at radius 3 is 2.57 bits per heavy atom. The van der Waals surface area contributed by atoms with Crippen molar-refractivity contribution in [3.63, 3.8) is 0 Å². The van der Waals surface area contributed by atoms with Gasteiger partial charge in [0.1, 0.15) is 6.04 Å². The number of piperidine rings is 2. The number of imide groups is 1. The highest BCUT2D eigenvalue weighted by molar-refractivity contribution is 6.05. The van der Waals surface area contributed by atoms with Gasteiger partial charge in [0.05, 0.1) is 0 Å². The van der Waals surface area contributed by atoms with Gasteiger partial charge in [-0.15, -0.1) is 0 Å². The van der Waals surface area contributed by atoms with Gasteiger partial charge in [-0.05, 0) is 30.4 Å². The van der Waals surface area contributed by atoms with Crippen LogP contribution in [0.1, 0.15) is 47.2 Å². The minimum Gasteiger partial charge on any atom is -0.322 e. The fourth-order valence-corrected chi connectivity index (χ4v) is 5.09. The molecule has 0 radical (unpaired) electrons. The molecule has 1 aromatic carbocycles. The van der Waals surface area contributed by atoms with E-state index in [1.165, 1.54) is 0 Å². The standard InChI is InChI=1S/C22H29N5O3/c28-19-5-4-18(21(29)25-19)27-13-15-3-1-2-14(20(15)22(27)30)10-24-16-6-8-26(9-7-16)17-11-23-12-17/h1-3,16-18,23-24H,4-13H2,(H,25,28,29). The summed E-state index contributed by atoms with van der Waals surface area (Å²) in [5, 5.41) is 9.36. The smallest absolute Gasteiger partial charge is 0.255 e. The molecule has 8 nitrogen and oxygen atoms in total. The maximum Gasteiger partial charge on any atom is 0.255 e. The van der Waals surface area contributed by atoms with Crippen molar-refractivity contribution in [2.75, 3.05) is 26.2 Å². The molecule has 3 amide bonds. The molecule has 3 fully saturated rings. The van der Waals surface area contributed by atoms with Crippen molar-refractivity contribution in [1.29, 1.82) is 0 Å². The summed E-state index contributed by atoms with van der Waals surface area (Å²) in [6, 6.07) is 6.57. The van der Waals surface area contributed by atoms with Gasteiger partial charge in [0.15, 0.2) is 0 Å². The topological polar surface area (TPSA) is 93.8 Å². The van der Waals surface area contributed by atoms with E-state index in [9.17, 15) is 14.4 Å². The Morgan fingerprint density at radius 2 is 1.87 bits per heavy atom. The summed E-state index contributed by atoms with van der Waals surface area (Å²) in [6.07, 6.45) is 2.93. The molecule has 160 valence electrons. The fourth-order valence-electron chi connectivity index (χ4n) is 5.09. The molecule has 1 unspecified atom stereocenters. The van der Waals surface area contributed by atoms with E-state index in [0.29, 0.717) is 31.6 Å². The van der Waals surface area contributed by atoms with Crippen LogP contribution in [-0.4, -0.2) is 71.8 Å². The molecule has 3 N–H and O–H groups in total. The molecule has 3 saturated heterocycles. The Morgan fingerprint density at radius 1 is 1.07 bits per heavy atom. The molecule has 4 aliphatic heterocycles. The van der Waals surface area contributed by atoms with Gasteiger partial charge >= 0.3 is 0 Å². The Labute approximate surface area is 176 Å². The van der Waals surface area contributed by atoms with Gasteiger partial charge in [-0.25, -0.2) is 0 Å². The van der Waals surface area contributed by atoms with Crippen molar-refractivity contribution in [2.24, 2.45) is 0 Å². The lowest BCUT2D eigenvalue weighted by molar-refractivity contribution is -0.136. The molecule has 30 heavy (non-hydrogen) atoms. The van der Waals surface area contributed by atoms with E-state index in [0.717, 1.165) is 55.7 Å². The molecule has 0 saturated carbocycles. The van der Waals surface area contributed by atoms with Crippen LogP contribution in [0.3, 0.4) is 0 Å². The summed E-state index contributed by atoms with van der Waals surface area (Å²) >= 11 is 0. The van der Waals surface area contributed by atoms with Gasteiger partial charge in [0.2, 0.25) is 11.8 Å². The first-order chi connectivity index (χ1) is 14.6. The molecule has 0 bridgehead atoms. The largest absolute Gasteiger partial charge is 0.322 e. The summed E-state index contributed by atoms with van der Waals surface area (Å²) in [7, 11) is 0. The van der Waals surface area contributed by atoms with Crippen LogP contribution < -0.4 is 16.0 Å². The average molecular weight is 412 g/mol. The maximum absolute atomic E-state index is 13.2. The van der Waals surface area contributed by atoms with E-state index in [1.54, 1.807) is 4.90 Å².